The summed E-state index contributed by atoms with van der Waals surface area (Å²) >= 11 is 7.61. The molecule has 31 heavy (non-hydrogen) atoms. The fourth-order valence-corrected chi connectivity index (χ4v) is 4.98. The van der Waals surface area contributed by atoms with Crippen molar-refractivity contribution in [3.8, 4) is 0 Å². The van der Waals surface area contributed by atoms with Crippen LogP contribution in [0.15, 0.2) is 44.6 Å². The second-order valence-electron chi connectivity index (χ2n) is 7.46. The van der Waals surface area contributed by atoms with Crippen LogP contribution in [0.1, 0.15) is 6.42 Å². The zero-order valence-electron chi connectivity index (χ0n) is 16.8. The standard InChI is InChI=1S/C21H23ClN4O4S/c22-16-3-1-2-4-17(16)24-10-7-23(8-11-24)9-12-26-20(29)15-13-31-14-18(15)25(21(26)30)6-5-19(27)28/h1-4,13-14H,5-12H2,(H,27,28)/p-1. The lowest BCUT2D eigenvalue weighted by Gasteiger charge is -2.36. The summed E-state index contributed by atoms with van der Waals surface area (Å²) in [5, 5.41) is 15.4. The molecule has 1 aliphatic rings. The van der Waals surface area contributed by atoms with Gasteiger partial charge in [0.15, 0.2) is 0 Å². The van der Waals surface area contributed by atoms with Gasteiger partial charge in [0.25, 0.3) is 5.56 Å². The summed E-state index contributed by atoms with van der Waals surface area (Å²) < 4.78 is 2.57. The van der Waals surface area contributed by atoms with E-state index in [2.05, 4.69) is 9.80 Å². The molecule has 0 bridgehead atoms. The van der Waals surface area contributed by atoms with Crippen molar-refractivity contribution >= 4 is 45.5 Å². The number of hydrogen-bond acceptors (Lipinski definition) is 7. The summed E-state index contributed by atoms with van der Waals surface area (Å²) in [5.41, 5.74) is 0.678. The Labute approximate surface area is 187 Å². The van der Waals surface area contributed by atoms with E-state index >= 15 is 0 Å². The van der Waals surface area contributed by atoms with Crippen molar-refractivity contribution in [1.29, 1.82) is 0 Å². The smallest absolute Gasteiger partial charge is 0.331 e. The van der Waals surface area contributed by atoms with Crippen molar-refractivity contribution in [1.82, 2.24) is 14.0 Å². The Hall–Kier alpha value is -2.62. The molecule has 1 aromatic carbocycles. The van der Waals surface area contributed by atoms with Crippen molar-refractivity contribution < 1.29 is 9.90 Å². The molecule has 10 heteroatoms. The van der Waals surface area contributed by atoms with E-state index in [1.54, 1.807) is 10.8 Å². The maximum Gasteiger partial charge on any atom is 0.331 e. The Morgan fingerprint density at radius 3 is 2.45 bits per heavy atom. The van der Waals surface area contributed by atoms with Gasteiger partial charge < -0.3 is 14.8 Å². The van der Waals surface area contributed by atoms with Crippen LogP contribution in [0, 0.1) is 0 Å². The number of carbonyl (C=O) groups excluding carboxylic acids is 1. The topological polar surface area (TPSA) is 90.6 Å². The highest BCUT2D eigenvalue weighted by Crippen LogP contribution is 2.26. The number of thiophene rings is 1. The largest absolute Gasteiger partial charge is 0.550 e. The minimum absolute atomic E-state index is 0.0226. The Bertz CT molecular complexity index is 1210. The molecule has 3 aromatic rings. The Morgan fingerprint density at radius 1 is 1.00 bits per heavy atom. The van der Waals surface area contributed by atoms with E-state index in [-0.39, 0.29) is 25.1 Å². The number of aliphatic carboxylic acids is 1. The SMILES string of the molecule is O=C([O-])CCn1c(=O)n(CCN2CCN(c3ccccc3Cl)CC2)c(=O)c2cscc21. The summed E-state index contributed by atoms with van der Waals surface area (Å²) in [6.07, 6.45) is -0.285. The molecule has 8 nitrogen and oxygen atoms in total. The molecule has 0 radical (unpaired) electrons. The van der Waals surface area contributed by atoms with Crippen LogP contribution in [0.5, 0.6) is 0 Å². The third kappa shape index (κ3) is 4.53. The number of carboxylic acids is 1. The first-order chi connectivity index (χ1) is 15.0. The van der Waals surface area contributed by atoms with Crippen molar-refractivity contribution in [3.63, 3.8) is 0 Å². The van der Waals surface area contributed by atoms with Gasteiger partial charge in [0, 0.05) is 69.0 Å². The molecule has 2 aromatic heterocycles. The number of carbonyl (C=O) groups is 1. The average Bonchev–Trinajstić information content (AvgIpc) is 3.24. The first-order valence-corrected chi connectivity index (χ1v) is 11.4. The molecule has 3 heterocycles. The van der Waals surface area contributed by atoms with Crippen molar-refractivity contribution in [2.24, 2.45) is 0 Å². The molecule has 0 N–H and O–H groups in total. The molecule has 0 unspecified atom stereocenters. The quantitative estimate of drug-likeness (QED) is 0.518. The van der Waals surface area contributed by atoms with Gasteiger partial charge in [-0.05, 0) is 12.1 Å². The number of nitrogens with zero attached hydrogens (tertiary/aromatic N) is 4. The number of benzene rings is 1. The molecular formula is C21H22ClN4O4S-. The zero-order valence-corrected chi connectivity index (χ0v) is 18.4. The molecule has 0 amide bonds. The van der Waals surface area contributed by atoms with Gasteiger partial charge in [-0.25, -0.2) is 4.79 Å². The number of halogens is 1. The van der Waals surface area contributed by atoms with Crippen LogP contribution in [0.2, 0.25) is 5.02 Å². The molecule has 0 spiro atoms. The van der Waals surface area contributed by atoms with Gasteiger partial charge in [-0.1, -0.05) is 23.7 Å². The molecule has 4 rings (SSSR count). The van der Waals surface area contributed by atoms with Crippen LogP contribution in [0.4, 0.5) is 5.69 Å². The summed E-state index contributed by atoms with van der Waals surface area (Å²) in [6.45, 7) is 3.98. The van der Waals surface area contributed by atoms with E-state index < -0.39 is 11.7 Å². The second kappa shape index (κ2) is 9.25. The predicted molar refractivity (Wildman–Crippen MR) is 120 cm³/mol. The Morgan fingerprint density at radius 2 is 1.74 bits per heavy atom. The second-order valence-corrected chi connectivity index (χ2v) is 8.61. The molecular weight excluding hydrogens is 440 g/mol. The van der Waals surface area contributed by atoms with Gasteiger partial charge in [0.2, 0.25) is 0 Å². The van der Waals surface area contributed by atoms with Gasteiger partial charge >= 0.3 is 5.69 Å². The Balaban J connectivity index is 1.47. The summed E-state index contributed by atoms with van der Waals surface area (Å²) in [7, 11) is 0. The number of rotatable bonds is 7. The first kappa shape index (κ1) is 21.6. The lowest BCUT2D eigenvalue weighted by molar-refractivity contribution is -0.305. The van der Waals surface area contributed by atoms with Crippen LogP contribution in [-0.4, -0.2) is 52.7 Å². The molecule has 0 atom stereocenters. The lowest BCUT2D eigenvalue weighted by atomic mass is 10.2. The minimum atomic E-state index is -1.23. The normalized spacial score (nSPS) is 14.9. The number of hydrogen-bond donors (Lipinski definition) is 0. The highest BCUT2D eigenvalue weighted by Gasteiger charge is 2.20. The third-order valence-electron chi connectivity index (χ3n) is 5.61. The van der Waals surface area contributed by atoms with Gasteiger partial charge in [-0.2, -0.15) is 0 Å². The number of para-hydroxylation sites is 1. The zero-order chi connectivity index (χ0) is 22.0. The number of piperazine rings is 1. The number of aromatic nitrogens is 2. The van der Waals surface area contributed by atoms with Gasteiger partial charge in [-0.15, -0.1) is 11.3 Å². The Kier molecular flexibility index (Phi) is 6.45. The molecule has 0 saturated carbocycles. The van der Waals surface area contributed by atoms with E-state index in [4.69, 9.17) is 11.6 Å². The fourth-order valence-electron chi connectivity index (χ4n) is 3.92. The third-order valence-corrected chi connectivity index (χ3v) is 6.67. The van der Waals surface area contributed by atoms with E-state index in [1.165, 1.54) is 20.5 Å². The molecule has 1 aliphatic heterocycles. The van der Waals surface area contributed by atoms with Crippen molar-refractivity contribution in [2.45, 2.75) is 19.5 Å². The van der Waals surface area contributed by atoms with Gasteiger partial charge in [0.1, 0.15) is 0 Å². The summed E-state index contributed by atoms with van der Waals surface area (Å²) in [6, 6.07) is 7.75. The van der Waals surface area contributed by atoms with E-state index in [0.29, 0.717) is 17.4 Å². The van der Waals surface area contributed by atoms with Crippen LogP contribution in [0.25, 0.3) is 10.9 Å². The van der Waals surface area contributed by atoms with E-state index in [9.17, 15) is 19.5 Å². The van der Waals surface area contributed by atoms with Crippen LogP contribution in [-0.2, 0) is 17.9 Å². The number of anilines is 1. The van der Waals surface area contributed by atoms with E-state index in [0.717, 1.165) is 36.9 Å². The van der Waals surface area contributed by atoms with Crippen molar-refractivity contribution in [2.75, 3.05) is 37.6 Å². The summed E-state index contributed by atoms with van der Waals surface area (Å²) in [4.78, 5) is 41.1. The lowest BCUT2D eigenvalue weighted by Crippen LogP contribution is -2.49. The number of aryl methyl sites for hydroxylation is 1. The highest BCUT2D eigenvalue weighted by molar-refractivity contribution is 7.09. The average molecular weight is 462 g/mol. The van der Waals surface area contributed by atoms with Crippen LogP contribution < -0.4 is 21.3 Å². The number of fused-ring (bicyclic) bond motifs is 1. The maximum atomic E-state index is 12.9. The monoisotopic (exact) mass is 461 g/mol. The van der Waals surface area contributed by atoms with Gasteiger partial charge in [-0.3, -0.25) is 18.8 Å². The molecule has 0 aliphatic carbocycles. The predicted octanol–water partition coefficient (Wildman–Crippen LogP) is 0.840. The first-order valence-electron chi connectivity index (χ1n) is 10.1. The minimum Gasteiger partial charge on any atom is -0.550 e. The number of carboxylic acid groups (broad SMARTS) is 1. The molecule has 164 valence electrons. The maximum absolute atomic E-state index is 12.9. The highest BCUT2D eigenvalue weighted by atomic mass is 35.5. The fraction of sp³-hybridized carbons (Fsp3) is 0.381. The van der Waals surface area contributed by atoms with Crippen LogP contribution in [0.3, 0.4) is 0 Å². The van der Waals surface area contributed by atoms with E-state index in [1.807, 2.05) is 24.3 Å². The van der Waals surface area contributed by atoms with Crippen molar-refractivity contribution in [3.05, 3.63) is 60.9 Å². The molecule has 1 fully saturated rings. The summed E-state index contributed by atoms with van der Waals surface area (Å²) in [5.74, 6) is -1.23. The van der Waals surface area contributed by atoms with Crippen LogP contribution >= 0.6 is 22.9 Å². The van der Waals surface area contributed by atoms with Gasteiger partial charge in [0.05, 0.1) is 21.6 Å². The molecule has 1 saturated heterocycles.